The van der Waals surface area contributed by atoms with E-state index in [1.807, 2.05) is 0 Å². The lowest BCUT2D eigenvalue weighted by Crippen LogP contribution is -2.29. The second-order valence-corrected chi connectivity index (χ2v) is 5.31. The van der Waals surface area contributed by atoms with Gasteiger partial charge in [0.05, 0.1) is 13.2 Å². The van der Waals surface area contributed by atoms with E-state index in [0.717, 1.165) is 32.1 Å². The summed E-state index contributed by atoms with van der Waals surface area (Å²) in [5.41, 5.74) is 1.42. The minimum Gasteiger partial charge on any atom is -0.377 e. The fourth-order valence-electron chi connectivity index (χ4n) is 1.97. The van der Waals surface area contributed by atoms with Gasteiger partial charge in [-0.3, -0.25) is 0 Å². The third-order valence-corrected chi connectivity index (χ3v) is 3.08. The molecule has 0 aromatic carbocycles. The summed E-state index contributed by atoms with van der Waals surface area (Å²) < 4.78 is 5.42. The molecule has 1 aliphatic heterocycles. The van der Waals surface area contributed by atoms with Crippen LogP contribution in [-0.4, -0.2) is 25.8 Å². The number of nitrogens with one attached hydrogen (secondary N) is 1. The minimum atomic E-state index is 0.626. The van der Waals surface area contributed by atoms with Gasteiger partial charge in [-0.2, -0.15) is 0 Å². The summed E-state index contributed by atoms with van der Waals surface area (Å²) in [5, 5.41) is 3.58. The van der Waals surface area contributed by atoms with Crippen LogP contribution in [0.5, 0.6) is 0 Å². The van der Waals surface area contributed by atoms with E-state index < -0.39 is 0 Å². The molecule has 16 heavy (non-hydrogen) atoms. The minimum absolute atomic E-state index is 0.626. The Bertz CT molecular complexity index is 211. The van der Waals surface area contributed by atoms with Gasteiger partial charge in [0, 0.05) is 12.6 Å². The van der Waals surface area contributed by atoms with Gasteiger partial charge in [0.25, 0.3) is 0 Å². The Labute approximate surface area is 100 Å². The van der Waals surface area contributed by atoms with Crippen molar-refractivity contribution in [2.75, 3.05) is 19.8 Å². The molecule has 0 amide bonds. The lowest BCUT2D eigenvalue weighted by atomic mass is 10.0. The first-order valence-electron chi connectivity index (χ1n) is 6.67. The van der Waals surface area contributed by atoms with Gasteiger partial charge in [0.2, 0.25) is 0 Å². The topological polar surface area (TPSA) is 21.3 Å². The van der Waals surface area contributed by atoms with E-state index in [4.69, 9.17) is 4.74 Å². The smallest absolute Gasteiger partial charge is 0.0689 e. The van der Waals surface area contributed by atoms with Crippen molar-refractivity contribution < 1.29 is 4.74 Å². The van der Waals surface area contributed by atoms with Gasteiger partial charge in [-0.1, -0.05) is 32.8 Å². The van der Waals surface area contributed by atoms with E-state index in [-0.39, 0.29) is 0 Å². The lowest BCUT2D eigenvalue weighted by Gasteiger charge is -2.18. The molecule has 2 heteroatoms. The van der Waals surface area contributed by atoms with E-state index in [1.165, 1.54) is 24.8 Å². The Balaban J connectivity index is 2.05. The van der Waals surface area contributed by atoms with Gasteiger partial charge >= 0.3 is 0 Å². The zero-order valence-electron chi connectivity index (χ0n) is 11.1. The van der Waals surface area contributed by atoms with Crippen molar-refractivity contribution in [3.8, 4) is 0 Å². The van der Waals surface area contributed by atoms with Crippen LogP contribution in [0.1, 0.15) is 46.5 Å². The molecule has 1 unspecified atom stereocenters. The van der Waals surface area contributed by atoms with Gasteiger partial charge in [-0.05, 0) is 31.3 Å². The SMILES string of the molecule is CC(C)CCCC(C)NCC1=CCCOC1. The molecule has 1 heterocycles. The van der Waals surface area contributed by atoms with E-state index in [9.17, 15) is 0 Å². The van der Waals surface area contributed by atoms with E-state index in [2.05, 4.69) is 32.2 Å². The molecule has 0 bridgehead atoms. The molecule has 0 fully saturated rings. The van der Waals surface area contributed by atoms with Crippen LogP contribution >= 0.6 is 0 Å². The Morgan fingerprint density at radius 3 is 2.75 bits per heavy atom. The predicted molar refractivity (Wildman–Crippen MR) is 69.7 cm³/mol. The predicted octanol–water partition coefficient (Wildman–Crippen LogP) is 3.14. The number of rotatable bonds is 7. The molecule has 0 saturated carbocycles. The quantitative estimate of drug-likeness (QED) is 0.672. The molecule has 1 atom stereocenters. The van der Waals surface area contributed by atoms with Crippen LogP contribution < -0.4 is 5.32 Å². The normalized spacial score (nSPS) is 18.6. The Morgan fingerprint density at radius 1 is 1.31 bits per heavy atom. The van der Waals surface area contributed by atoms with E-state index in [0.29, 0.717) is 6.04 Å². The zero-order valence-corrected chi connectivity index (χ0v) is 11.1. The van der Waals surface area contributed by atoms with Crippen molar-refractivity contribution in [1.82, 2.24) is 5.32 Å². The zero-order chi connectivity index (χ0) is 11.8. The van der Waals surface area contributed by atoms with Crippen LogP contribution in [0.2, 0.25) is 0 Å². The molecule has 0 spiro atoms. The maximum absolute atomic E-state index is 5.42. The third-order valence-electron chi connectivity index (χ3n) is 3.08. The molecule has 1 aliphatic rings. The summed E-state index contributed by atoms with van der Waals surface area (Å²) in [6, 6.07) is 0.626. The first kappa shape index (κ1) is 13.7. The van der Waals surface area contributed by atoms with Crippen molar-refractivity contribution in [3.63, 3.8) is 0 Å². The molecule has 94 valence electrons. The Hall–Kier alpha value is -0.340. The lowest BCUT2D eigenvalue weighted by molar-refractivity contribution is 0.148. The summed E-state index contributed by atoms with van der Waals surface area (Å²) in [5.74, 6) is 0.835. The Morgan fingerprint density at radius 2 is 2.12 bits per heavy atom. The number of ether oxygens (including phenoxy) is 1. The fraction of sp³-hybridized carbons (Fsp3) is 0.857. The summed E-state index contributed by atoms with van der Waals surface area (Å²) in [6.07, 6.45) is 7.36. The molecule has 1 rings (SSSR count). The van der Waals surface area contributed by atoms with Crippen molar-refractivity contribution in [2.24, 2.45) is 5.92 Å². The van der Waals surface area contributed by atoms with E-state index >= 15 is 0 Å². The monoisotopic (exact) mass is 225 g/mol. The highest BCUT2D eigenvalue weighted by atomic mass is 16.5. The number of hydrogen-bond acceptors (Lipinski definition) is 2. The second kappa shape index (κ2) is 7.86. The van der Waals surface area contributed by atoms with Crippen LogP contribution in [0.3, 0.4) is 0 Å². The molecule has 0 aliphatic carbocycles. The summed E-state index contributed by atoms with van der Waals surface area (Å²) >= 11 is 0. The maximum atomic E-state index is 5.42. The summed E-state index contributed by atoms with van der Waals surface area (Å²) in [4.78, 5) is 0. The third kappa shape index (κ3) is 6.29. The average Bonchev–Trinajstić information content (AvgIpc) is 2.27. The highest BCUT2D eigenvalue weighted by Gasteiger charge is 2.06. The van der Waals surface area contributed by atoms with Crippen molar-refractivity contribution in [3.05, 3.63) is 11.6 Å². The highest BCUT2D eigenvalue weighted by molar-refractivity contribution is 5.06. The molecule has 0 radical (unpaired) electrons. The van der Waals surface area contributed by atoms with Gasteiger partial charge < -0.3 is 10.1 Å². The summed E-state index contributed by atoms with van der Waals surface area (Å²) in [6.45, 7) is 9.59. The largest absolute Gasteiger partial charge is 0.377 e. The molecular weight excluding hydrogens is 198 g/mol. The first-order valence-corrected chi connectivity index (χ1v) is 6.67. The number of hydrogen-bond donors (Lipinski definition) is 1. The maximum Gasteiger partial charge on any atom is 0.0689 e. The van der Waals surface area contributed by atoms with Crippen molar-refractivity contribution in [1.29, 1.82) is 0 Å². The molecule has 0 saturated heterocycles. The fourth-order valence-corrected chi connectivity index (χ4v) is 1.97. The van der Waals surface area contributed by atoms with Gasteiger partial charge in [0.1, 0.15) is 0 Å². The van der Waals surface area contributed by atoms with Gasteiger partial charge in [0.15, 0.2) is 0 Å². The van der Waals surface area contributed by atoms with Crippen LogP contribution in [-0.2, 0) is 4.74 Å². The van der Waals surface area contributed by atoms with Crippen LogP contribution in [0, 0.1) is 5.92 Å². The summed E-state index contributed by atoms with van der Waals surface area (Å²) in [7, 11) is 0. The standard InChI is InChI=1S/C14H27NO/c1-12(2)6-4-7-13(3)15-10-14-8-5-9-16-11-14/h8,12-13,15H,4-7,9-11H2,1-3H3. The molecule has 1 N–H and O–H groups in total. The van der Waals surface area contributed by atoms with Crippen molar-refractivity contribution in [2.45, 2.75) is 52.5 Å². The molecule has 0 aromatic rings. The first-order chi connectivity index (χ1) is 7.68. The molecule has 0 aromatic heterocycles. The molecular formula is C14H27NO. The molecule has 2 nitrogen and oxygen atoms in total. The van der Waals surface area contributed by atoms with Gasteiger partial charge in [-0.25, -0.2) is 0 Å². The average molecular weight is 225 g/mol. The van der Waals surface area contributed by atoms with Gasteiger partial charge in [-0.15, -0.1) is 0 Å². The van der Waals surface area contributed by atoms with E-state index in [1.54, 1.807) is 0 Å². The second-order valence-electron chi connectivity index (χ2n) is 5.31. The highest BCUT2D eigenvalue weighted by Crippen LogP contribution is 2.09. The Kier molecular flexibility index (Phi) is 6.74. The van der Waals surface area contributed by atoms with Crippen molar-refractivity contribution >= 4 is 0 Å². The van der Waals surface area contributed by atoms with Crippen LogP contribution in [0.25, 0.3) is 0 Å². The van der Waals surface area contributed by atoms with Crippen LogP contribution in [0.4, 0.5) is 0 Å². The van der Waals surface area contributed by atoms with Crippen LogP contribution in [0.15, 0.2) is 11.6 Å².